The monoisotopic (exact) mass is 364 g/mol. The molecule has 1 aliphatic rings. The van der Waals surface area contributed by atoms with Gasteiger partial charge in [-0.1, -0.05) is 26.8 Å². The van der Waals surface area contributed by atoms with Crippen molar-refractivity contribution in [2.24, 2.45) is 0 Å². The van der Waals surface area contributed by atoms with E-state index in [4.69, 9.17) is 10.2 Å². The molecule has 6 heteroatoms. The van der Waals surface area contributed by atoms with E-state index in [0.717, 1.165) is 51.6 Å². The first-order valence-electron chi connectivity index (χ1n) is 9.39. The summed E-state index contributed by atoms with van der Waals surface area (Å²) < 4.78 is 6.31. The van der Waals surface area contributed by atoms with Crippen molar-refractivity contribution in [3.8, 4) is 0 Å². The molecule has 0 spiro atoms. The molecule has 0 atom stereocenters. The highest BCUT2D eigenvalue weighted by atomic mass is 28.4. The Morgan fingerprint density at radius 1 is 1.12 bits per heavy atom. The van der Waals surface area contributed by atoms with Gasteiger partial charge in [0.1, 0.15) is 5.82 Å². The highest BCUT2D eigenvalue weighted by Crippen LogP contribution is 2.36. The van der Waals surface area contributed by atoms with E-state index < -0.39 is 8.32 Å². The van der Waals surface area contributed by atoms with E-state index in [2.05, 4.69) is 54.7 Å². The number of rotatable bonds is 6. The fourth-order valence-electron chi connectivity index (χ4n) is 2.83. The molecule has 1 saturated heterocycles. The molecule has 0 amide bonds. The summed E-state index contributed by atoms with van der Waals surface area (Å²) in [6, 6.07) is 4.01. The maximum atomic E-state index is 6.31. The summed E-state index contributed by atoms with van der Waals surface area (Å²) in [7, 11) is -1.62. The molecule has 0 radical (unpaired) electrons. The van der Waals surface area contributed by atoms with Gasteiger partial charge >= 0.3 is 0 Å². The largest absolute Gasteiger partial charge is 0.416 e. The van der Waals surface area contributed by atoms with Gasteiger partial charge in [0.2, 0.25) is 0 Å². The molecule has 2 N–H and O–H groups in total. The number of nitrogens with two attached hydrogens (primary N) is 1. The molecule has 0 aliphatic carbocycles. The van der Waals surface area contributed by atoms with Gasteiger partial charge in [-0.25, -0.2) is 4.98 Å². The zero-order valence-corrected chi connectivity index (χ0v) is 17.9. The minimum Gasteiger partial charge on any atom is -0.416 e. The SMILES string of the molecule is Cc1nc(N)ccc1CN1CCN(CCO[Si](C)(C)C(C)(C)C)CC1. The van der Waals surface area contributed by atoms with E-state index >= 15 is 0 Å². The van der Waals surface area contributed by atoms with Crippen LogP contribution in [0.5, 0.6) is 0 Å². The molecule has 1 fully saturated rings. The van der Waals surface area contributed by atoms with E-state index in [0.29, 0.717) is 5.82 Å². The number of aryl methyl sites for hydroxylation is 1. The fraction of sp³-hybridized carbons (Fsp3) is 0.737. The molecule has 2 rings (SSSR count). The van der Waals surface area contributed by atoms with Gasteiger partial charge in [-0.2, -0.15) is 0 Å². The first-order chi connectivity index (χ1) is 11.6. The molecule has 2 heterocycles. The molecule has 5 nitrogen and oxygen atoms in total. The molecule has 0 unspecified atom stereocenters. The number of pyridine rings is 1. The second-order valence-corrected chi connectivity index (χ2v) is 13.5. The minimum atomic E-state index is -1.62. The molecule has 0 bridgehead atoms. The summed E-state index contributed by atoms with van der Waals surface area (Å²) in [5, 5.41) is 0.288. The van der Waals surface area contributed by atoms with Crippen LogP contribution in [-0.4, -0.2) is 62.4 Å². The third-order valence-electron chi connectivity index (χ3n) is 5.75. The lowest BCUT2D eigenvalue weighted by molar-refractivity contribution is 0.110. The van der Waals surface area contributed by atoms with Gasteiger partial charge in [0.25, 0.3) is 0 Å². The topological polar surface area (TPSA) is 54.6 Å². The average molecular weight is 365 g/mol. The summed E-state index contributed by atoms with van der Waals surface area (Å²) in [5.74, 6) is 0.604. The van der Waals surface area contributed by atoms with Crippen LogP contribution in [0.3, 0.4) is 0 Å². The fourth-order valence-corrected chi connectivity index (χ4v) is 3.87. The Hall–Kier alpha value is -0.953. The summed E-state index contributed by atoms with van der Waals surface area (Å²) >= 11 is 0. The maximum Gasteiger partial charge on any atom is 0.192 e. The van der Waals surface area contributed by atoms with Crippen LogP contribution in [0, 0.1) is 6.92 Å². The van der Waals surface area contributed by atoms with Crippen molar-refractivity contribution in [1.29, 1.82) is 0 Å². The normalized spacial score (nSPS) is 17.8. The van der Waals surface area contributed by atoms with Gasteiger partial charge < -0.3 is 10.2 Å². The Morgan fingerprint density at radius 3 is 2.28 bits per heavy atom. The summed E-state index contributed by atoms with van der Waals surface area (Å²) in [6.45, 7) is 20.9. The number of hydrogen-bond donors (Lipinski definition) is 1. The predicted octanol–water partition coefficient (Wildman–Crippen LogP) is 3.11. The Labute approximate surface area is 154 Å². The van der Waals surface area contributed by atoms with Crippen molar-refractivity contribution >= 4 is 14.1 Å². The number of nitrogen functional groups attached to an aromatic ring is 1. The number of aromatic nitrogens is 1. The molecule has 0 saturated carbocycles. The maximum absolute atomic E-state index is 6.31. The molecular weight excluding hydrogens is 328 g/mol. The van der Waals surface area contributed by atoms with Crippen molar-refractivity contribution in [3.63, 3.8) is 0 Å². The number of hydrogen-bond acceptors (Lipinski definition) is 5. The van der Waals surface area contributed by atoms with Crippen LogP contribution in [0.1, 0.15) is 32.0 Å². The van der Waals surface area contributed by atoms with Crippen molar-refractivity contribution in [2.45, 2.75) is 52.4 Å². The number of nitrogens with zero attached hydrogens (tertiary/aromatic N) is 3. The van der Waals surface area contributed by atoms with E-state index in [9.17, 15) is 0 Å². The first-order valence-corrected chi connectivity index (χ1v) is 12.3. The van der Waals surface area contributed by atoms with Crippen LogP contribution >= 0.6 is 0 Å². The molecule has 25 heavy (non-hydrogen) atoms. The Balaban J connectivity index is 1.73. The Bertz CT molecular complexity index is 563. The van der Waals surface area contributed by atoms with E-state index in [1.807, 2.05) is 13.0 Å². The average Bonchev–Trinajstić information content (AvgIpc) is 2.50. The summed E-state index contributed by atoms with van der Waals surface area (Å²) in [6.07, 6.45) is 0. The van der Waals surface area contributed by atoms with Crippen molar-refractivity contribution in [2.75, 3.05) is 45.1 Å². The van der Waals surface area contributed by atoms with Gasteiger partial charge in [-0.05, 0) is 36.7 Å². The van der Waals surface area contributed by atoms with Crippen LogP contribution in [0.25, 0.3) is 0 Å². The lowest BCUT2D eigenvalue weighted by Crippen LogP contribution is -2.48. The Morgan fingerprint density at radius 2 is 1.72 bits per heavy atom. The van der Waals surface area contributed by atoms with Gasteiger partial charge in [-0.3, -0.25) is 9.80 Å². The lowest BCUT2D eigenvalue weighted by atomic mass is 10.1. The second kappa shape index (κ2) is 8.16. The van der Waals surface area contributed by atoms with Crippen molar-refractivity contribution < 1.29 is 4.43 Å². The molecule has 1 aromatic heterocycles. The van der Waals surface area contributed by atoms with Crippen molar-refractivity contribution in [1.82, 2.24) is 14.8 Å². The van der Waals surface area contributed by atoms with Gasteiger partial charge in [-0.15, -0.1) is 0 Å². The van der Waals surface area contributed by atoms with Crippen LogP contribution in [0.2, 0.25) is 18.1 Å². The number of piperazine rings is 1. The summed E-state index contributed by atoms with van der Waals surface area (Å²) in [5.41, 5.74) is 8.07. The minimum absolute atomic E-state index is 0.288. The molecule has 1 aliphatic heterocycles. The smallest absolute Gasteiger partial charge is 0.192 e. The molecule has 0 aromatic carbocycles. The van der Waals surface area contributed by atoms with Crippen LogP contribution < -0.4 is 5.73 Å². The lowest BCUT2D eigenvalue weighted by Gasteiger charge is -2.38. The van der Waals surface area contributed by atoms with Gasteiger partial charge in [0.05, 0.1) is 0 Å². The summed E-state index contributed by atoms with van der Waals surface area (Å²) in [4.78, 5) is 9.40. The third-order valence-corrected chi connectivity index (χ3v) is 10.3. The molecular formula is C19H36N4OSi. The zero-order valence-electron chi connectivity index (χ0n) is 16.9. The van der Waals surface area contributed by atoms with E-state index in [1.165, 1.54) is 5.56 Å². The van der Waals surface area contributed by atoms with Crippen molar-refractivity contribution in [3.05, 3.63) is 23.4 Å². The van der Waals surface area contributed by atoms with Gasteiger partial charge in [0.15, 0.2) is 8.32 Å². The van der Waals surface area contributed by atoms with Crippen LogP contribution in [0.15, 0.2) is 12.1 Å². The Kier molecular flexibility index (Phi) is 6.65. The highest BCUT2D eigenvalue weighted by Gasteiger charge is 2.37. The standard InChI is InChI=1S/C19H36N4OSi/c1-16-17(7-8-18(20)21-16)15-23-11-9-22(10-12-23)13-14-24-25(5,6)19(2,3)4/h7-8H,9-15H2,1-6H3,(H2,20,21). The van der Waals surface area contributed by atoms with Gasteiger partial charge in [0, 0.05) is 51.6 Å². The molecule has 1 aromatic rings. The van der Waals surface area contributed by atoms with Crippen LogP contribution in [0.4, 0.5) is 5.82 Å². The van der Waals surface area contributed by atoms with E-state index in [-0.39, 0.29) is 5.04 Å². The third kappa shape index (κ3) is 5.77. The predicted molar refractivity (Wildman–Crippen MR) is 108 cm³/mol. The first kappa shape index (κ1) is 20.4. The zero-order chi connectivity index (χ0) is 18.7. The highest BCUT2D eigenvalue weighted by molar-refractivity contribution is 6.74. The second-order valence-electron chi connectivity index (χ2n) is 8.71. The molecule has 142 valence electrons. The number of anilines is 1. The quantitative estimate of drug-likeness (QED) is 0.786. The van der Waals surface area contributed by atoms with Crippen LogP contribution in [-0.2, 0) is 11.0 Å². The van der Waals surface area contributed by atoms with E-state index in [1.54, 1.807) is 0 Å².